The minimum absolute atomic E-state index is 0.132. The molecule has 0 saturated heterocycles. The first kappa shape index (κ1) is 17.5. The molecule has 124 valence electrons. The van der Waals surface area contributed by atoms with Crippen LogP contribution >= 0.6 is 11.6 Å². The molecule has 0 N–H and O–H groups in total. The van der Waals surface area contributed by atoms with E-state index in [0.29, 0.717) is 29.1 Å². The Labute approximate surface area is 141 Å². The molecule has 1 aromatic carbocycles. The van der Waals surface area contributed by atoms with Crippen molar-refractivity contribution >= 4 is 28.5 Å². The van der Waals surface area contributed by atoms with Gasteiger partial charge < -0.3 is 9.32 Å². The van der Waals surface area contributed by atoms with Gasteiger partial charge in [-0.3, -0.25) is 4.79 Å². The smallest absolute Gasteiger partial charge is 0.337 e. The third kappa shape index (κ3) is 4.14. The molecule has 0 atom stereocenters. The first-order valence-electron chi connectivity index (χ1n) is 8.10. The van der Waals surface area contributed by atoms with Crippen LogP contribution in [-0.2, 0) is 0 Å². The van der Waals surface area contributed by atoms with Gasteiger partial charge in [0, 0.05) is 24.5 Å². The van der Waals surface area contributed by atoms with Crippen molar-refractivity contribution in [2.24, 2.45) is 0 Å². The van der Waals surface area contributed by atoms with Gasteiger partial charge >= 0.3 is 5.63 Å². The van der Waals surface area contributed by atoms with E-state index in [1.807, 2.05) is 4.90 Å². The number of hydrogen-bond acceptors (Lipinski definition) is 3. The molecule has 0 fully saturated rings. The molecule has 1 amide bonds. The van der Waals surface area contributed by atoms with Crippen LogP contribution in [0.2, 0.25) is 5.02 Å². The van der Waals surface area contributed by atoms with Crippen LogP contribution in [0.5, 0.6) is 0 Å². The largest absolute Gasteiger partial charge is 0.421 e. The summed E-state index contributed by atoms with van der Waals surface area (Å²) in [5.41, 5.74) is 0.0850. The van der Waals surface area contributed by atoms with Crippen molar-refractivity contribution in [3.8, 4) is 0 Å². The SMILES string of the molecule is CCCCN(CCCC)C(=O)c1cc(=O)oc2c(Cl)cccc12. The fourth-order valence-electron chi connectivity index (χ4n) is 2.51. The number of rotatable bonds is 7. The summed E-state index contributed by atoms with van der Waals surface area (Å²) in [5, 5.41) is 0.919. The van der Waals surface area contributed by atoms with Crippen molar-refractivity contribution in [1.82, 2.24) is 4.90 Å². The van der Waals surface area contributed by atoms with Gasteiger partial charge in [-0.05, 0) is 18.9 Å². The van der Waals surface area contributed by atoms with Gasteiger partial charge in [0.05, 0.1) is 10.6 Å². The van der Waals surface area contributed by atoms with Crippen LogP contribution in [0.3, 0.4) is 0 Å². The summed E-state index contributed by atoms with van der Waals surface area (Å²) >= 11 is 6.09. The maximum atomic E-state index is 12.9. The number of hydrogen-bond donors (Lipinski definition) is 0. The van der Waals surface area contributed by atoms with E-state index in [0.717, 1.165) is 25.7 Å². The second-order valence-electron chi connectivity index (χ2n) is 5.59. The second kappa shape index (κ2) is 8.16. The number of unbranched alkanes of at least 4 members (excludes halogenated alkanes) is 2. The Balaban J connectivity index is 2.45. The molecule has 0 saturated carbocycles. The number of para-hydroxylation sites is 1. The standard InChI is InChI=1S/C18H22ClNO3/c1-3-5-10-20(11-6-4-2)18(22)14-12-16(21)23-17-13(14)8-7-9-15(17)19/h7-9,12H,3-6,10-11H2,1-2H3. The van der Waals surface area contributed by atoms with E-state index < -0.39 is 5.63 Å². The molecule has 0 aliphatic carbocycles. The minimum atomic E-state index is -0.556. The van der Waals surface area contributed by atoms with E-state index in [1.54, 1.807) is 18.2 Å². The highest BCUT2D eigenvalue weighted by Gasteiger charge is 2.20. The highest BCUT2D eigenvalue weighted by molar-refractivity contribution is 6.35. The lowest BCUT2D eigenvalue weighted by Gasteiger charge is -2.23. The van der Waals surface area contributed by atoms with Gasteiger partial charge in [-0.1, -0.05) is 50.4 Å². The number of carbonyl (C=O) groups is 1. The van der Waals surface area contributed by atoms with E-state index >= 15 is 0 Å². The lowest BCUT2D eigenvalue weighted by atomic mass is 10.1. The Morgan fingerprint density at radius 1 is 1.17 bits per heavy atom. The van der Waals surface area contributed by atoms with Crippen LogP contribution in [0.1, 0.15) is 49.9 Å². The van der Waals surface area contributed by atoms with Crippen LogP contribution in [-0.4, -0.2) is 23.9 Å². The minimum Gasteiger partial charge on any atom is -0.421 e. The lowest BCUT2D eigenvalue weighted by molar-refractivity contribution is 0.0752. The van der Waals surface area contributed by atoms with E-state index in [1.165, 1.54) is 6.07 Å². The summed E-state index contributed by atoms with van der Waals surface area (Å²) in [6, 6.07) is 6.43. The maximum Gasteiger partial charge on any atom is 0.337 e. The monoisotopic (exact) mass is 335 g/mol. The molecule has 4 nitrogen and oxygen atoms in total. The van der Waals surface area contributed by atoms with Gasteiger partial charge in [-0.2, -0.15) is 0 Å². The molecule has 2 aromatic rings. The predicted molar refractivity (Wildman–Crippen MR) is 93.2 cm³/mol. The molecule has 0 radical (unpaired) electrons. The summed E-state index contributed by atoms with van der Waals surface area (Å²) in [6.07, 6.45) is 3.91. The molecule has 5 heteroatoms. The fourth-order valence-corrected chi connectivity index (χ4v) is 2.72. The topological polar surface area (TPSA) is 50.5 Å². The van der Waals surface area contributed by atoms with Crippen molar-refractivity contribution in [3.05, 3.63) is 45.3 Å². The molecule has 2 rings (SSSR count). The Kier molecular flexibility index (Phi) is 6.22. The third-order valence-corrected chi connectivity index (χ3v) is 4.10. The van der Waals surface area contributed by atoms with Gasteiger partial charge in [0.1, 0.15) is 0 Å². The summed E-state index contributed by atoms with van der Waals surface area (Å²) in [4.78, 5) is 26.6. The zero-order valence-electron chi connectivity index (χ0n) is 13.6. The van der Waals surface area contributed by atoms with Gasteiger partial charge in [0.15, 0.2) is 5.58 Å². The van der Waals surface area contributed by atoms with Crippen molar-refractivity contribution in [3.63, 3.8) is 0 Å². The van der Waals surface area contributed by atoms with Gasteiger partial charge in [-0.25, -0.2) is 4.79 Å². The molecule has 0 bridgehead atoms. The van der Waals surface area contributed by atoms with Crippen LogP contribution in [0.4, 0.5) is 0 Å². The number of benzene rings is 1. The summed E-state index contributed by atoms with van der Waals surface area (Å²) in [7, 11) is 0. The molecule has 0 aliphatic heterocycles. The fraction of sp³-hybridized carbons (Fsp3) is 0.444. The molecule has 0 unspecified atom stereocenters. The quantitative estimate of drug-likeness (QED) is 0.700. The molecular formula is C18H22ClNO3. The van der Waals surface area contributed by atoms with Gasteiger partial charge in [-0.15, -0.1) is 0 Å². The van der Waals surface area contributed by atoms with Gasteiger partial charge in [0.25, 0.3) is 5.91 Å². The Bertz CT molecular complexity index is 731. The molecule has 1 heterocycles. The molecular weight excluding hydrogens is 314 g/mol. The molecule has 1 aromatic heterocycles. The average Bonchev–Trinajstić information content (AvgIpc) is 2.54. The highest BCUT2D eigenvalue weighted by Crippen LogP contribution is 2.25. The van der Waals surface area contributed by atoms with Gasteiger partial charge in [0.2, 0.25) is 0 Å². The van der Waals surface area contributed by atoms with Crippen molar-refractivity contribution in [2.75, 3.05) is 13.1 Å². The van der Waals surface area contributed by atoms with E-state index in [4.69, 9.17) is 16.0 Å². The van der Waals surface area contributed by atoms with Crippen LogP contribution in [0, 0.1) is 0 Å². The second-order valence-corrected chi connectivity index (χ2v) is 6.00. The van der Waals surface area contributed by atoms with E-state index in [9.17, 15) is 9.59 Å². The highest BCUT2D eigenvalue weighted by atomic mass is 35.5. The number of halogens is 1. The van der Waals surface area contributed by atoms with Crippen molar-refractivity contribution < 1.29 is 9.21 Å². The van der Waals surface area contributed by atoms with Crippen LogP contribution < -0.4 is 5.63 Å². The molecule has 0 spiro atoms. The van der Waals surface area contributed by atoms with E-state index in [2.05, 4.69) is 13.8 Å². The average molecular weight is 336 g/mol. The third-order valence-electron chi connectivity index (χ3n) is 3.80. The first-order valence-corrected chi connectivity index (χ1v) is 8.48. The number of fused-ring (bicyclic) bond motifs is 1. The number of amides is 1. The Morgan fingerprint density at radius 2 is 1.83 bits per heavy atom. The summed E-state index contributed by atoms with van der Waals surface area (Å²) in [5.74, 6) is -0.132. The van der Waals surface area contributed by atoms with Crippen molar-refractivity contribution in [1.29, 1.82) is 0 Å². The molecule has 0 aliphatic rings. The Hall–Kier alpha value is -1.81. The Morgan fingerprint density at radius 3 is 2.43 bits per heavy atom. The lowest BCUT2D eigenvalue weighted by Crippen LogP contribution is -2.33. The maximum absolute atomic E-state index is 12.9. The van der Waals surface area contributed by atoms with Crippen LogP contribution in [0.25, 0.3) is 11.0 Å². The number of carbonyl (C=O) groups excluding carboxylic acids is 1. The zero-order valence-corrected chi connectivity index (χ0v) is 14.4. The van der Waals surface area contributed by atoms with Crippen molar-refractivity contribution in [2.45, 2.75) is 39.5 Å². The van der Waals surface area contributed by atoms with Crippen LogP contribution in [0.15, 0.2) is 33.5 Å². The summed E-state index contributed by atoms with van der Waals surface area (Å²) < 4.78 is 5.17. The van der Waals surface area contributed by atoms with E-state index in [-0.39, 0.29) is 11.5 Å². The first-order chi connectivity index (χ1) is 11.1. The number of nitrogens with zero attached hydrogens (tertiary/aromatic N) is 1. The zero-order chi connectivity index (χ0) is 16.8. The summed E-state index contributed by atoms with van der Waals surface area (Å²) in [6.45, 7) is 5.57. The normalized spacial score (nSPS) is 10.9. The predicted octanol–water partition coefficient (Wildman–Crippen LogP) is 4.49. The molecule has 23 heavy (non-hydrogen) atoms.